The predicted octanol–water partition coefficient (Wildman–Crippen LogP) is 3.91. The molecule has 0 heterocycles. The van der Waals surface area contributed by atoms with Crippen molar-refractivity contribution in [3.05, 3.63) is 69.2 Å². The molecule has 0 bridgehead atoms. The number of nitrogens with one attached hydrogen (secondary N) is 2. The first-order chi connectivity index (χ1) is 12.0. The molecular formula is C18H17BrClN3O2. The van der Waals surface area contributed by atoms with Crippen LogP contribution >= 0.6 is 27.5 Å². The van der Waals surface area contributed by atoms with Gasteiger partial charge in [-0.2, -0.15) is 5.10 Å². The Kier molecular flexibility index (Phi) is 7.16. The highest BCUT2D eigenvalue weighted by atomic mass is 79.9. The summed E-state index contributed by atoms with van der Waals surface area (Å²) in [6.45, 7) is 2.09. The topological polar surface area (TPSA) is 70.6 Å². The maximum absolute atomic E-state index is 12.0. The molecule has 7 heteroatoms. The van der Waals surface area contributed by atoms with Crippen molar-refractivity contribution in [1.29, 1.82) is 0 Å². The number of hydrogen-bond acceptors (Lipinski definition) is 3. The fraction of sp³-hybridized carbons (Fsp3) is 0.167. The molecule has 0 saturated heterocycles. The van der Waals surface area contributed by atoms with E-state index < -0.39 is 0 Å². The van der Waals surface area contributed by atoms with Crippen molar-refractivity contribution in [2.75, 3.05) is 0 Å². The van der Waals surface area contributed by atoms with Gasteiger partial charge in [-0.1, -0.05) is 35.9 Å². The molecule has 2 aromatic rings. The van der Waals surface area contributed by atoms with Crippen molar-refractivity contribution in [1.82, 2.24) is 10.7 Å². The third-order valence-electron chi connectivity index (χ3n) is 3.29. The molecule has 2 amide bonds. The lowest BCUT2D eigenvalue weighted by Gasteiger charge is -2.06. The first-order valence-electron chi connectivity index (χ1n) is 7.55. The Morgan fingerprint density at radius 2 is 1.80 bits per heavy atom. The van der Waals surface area contributed by atoms with Gasteiger partial charge in [0.2, 0.25) is 5.91 Å². The van der Waals surface area contributed by atoms with Gasteiger partial charge in [0, 0.05) is 21.8 Å². The molecule has 2 rings (SSSR count). The Balaban J connectivity index is 1.82. The summed E-state index contributed by atoms with van der Waals surface area (Å²) in [5.41, 5.74) is 4.39. The molecule has 0 aliphatic heterocycles. The number of hydrogen-bond donors (Lipinski definition) is 2. The summed E-state index contributed by atoms with van der Waals surface area (Å²) >= 11 is 9.13. The monoisotopic (exact) mass is 421 g/mol. The summed E-state index contributed by atoms with van der Waals surface area (Å²) in [6, 6.07) is 14.3. The van der Waals surface area contributed by atoms with Crippen LogP contribution in [0.5, 0.6) is 0 Å². The molecule has 0 atom stereocenters. The zero-order valence-electron chi connectivity index (χ0n) is 13.6. The molecule has 0 radical (unpaired) electrons. The van der Waals surface area contributed by atoms with E-state index in [0.29, 0.717) is 27.3 Å². The van der Waals surface area contributed by atoms with Gasteiger partial charge < -0.3 is 5.32 Å². The fourth-order valence-corrected chi connectivity index (χ4v) is 2.58. The van der Waals surface area contributed by atoms with Crippen molar-refractivity contribution in [3.63, 3.8) is 0 Å². The number of halogens is 2. The van der Waals surface area contributed by atoms with Crippen molar-refractivity contribution >= 4 is 45.1 Å². The lowest BCUT2D eigenvalue weighted by molar-refractivity contribution is -0.120. The zero-order chi connectivity index (χ0) is 18.2. The zero-order valence-corrected chi connectivity index (χ0v) is 15.9. The SMILES string of the molecule is C/C(CC(=O)NCc1ccc(Cl)cc1)=N/NC(=O)c1ccccc1Br. The normalized spacial score (nSPS) is 11.1. The van der Waals surface area contributed by atoms with Crippen molar-refractivity contribution in [3.8, 4) is 0 Å². The first-order valence-corrected chi connectivity index (χ1v) is 8.72. The highest BCUT2D eigenvalue weighted by Gasteiger charge is 2.09. The van der Waals surface area contributed by atoms with Crippen LogP contribution < -0.4 is 10.7 Å². The molecule has 0 aromatic heterocycles. The highest BCUT2D eigenvalue weighted by Crippen LogP contribution is 2.15. The van der Waals surface area contributed by atoms with Gasteiger partial charge in [0.25, 0.3) is 5.91 Å². The van der Waals surface area contributed by atoms with E-state index in [4.69, 9.17) is 11.6 Å². The second-order valence-electron chi connectivity index (χ2n) is 5.35. The number of carbonyl (C=O) groups excluding carboxylic acids is 2. The van der Waals surface area contributed by atoms with E-state index in [0.717, 1.165) is 5.56 Å². The molecule has 0 unspecified atom stereocenters. The lowest BCUT2D eigenvalue weighted by Crippen LogP contribution is -2.26. The van der Waals surface area contributed by atoms with Gasteiger partial charge in [-0.3, -0.25) is 9.59 Å². The highest BCUT2D eigenvalue weighted by molar-refractivity contribution is 9.10. The van der Waals surface area contributed by atoms with E-state index in [1.807, 2.05) is 18.2 Å². The molecule has 0 aliphatic carbocycles. The van der Waals surface area contributed by atoms with Crippen molar-refractivity contribution < 1.29 is 9.59 Å². The summed E-state index contributed by atoms with van der Waals surface area (Å²) in [5, 5.41) is 7.41. The molecule has 0 fully saturated rings. The summed E-state index contributed by atoms with van der Waals surface area (Å²) in [7, 11) is 0. The maximum Gasteiger partial charge on any atom is 0.272 e. The fourth-order valence-electron chi connectivity index (χ4n) is 1.99. The van der Waals surface area contributed by atoms with Gasteiger partial charge in [-0.15, -0.1) is 0 Å². The van der Waals surface area contributed by atoms with E-state index in [9.17, 15) is 9.59 Å². The van der Waals surface area contributed by atoms with Gasteiger partial charge in [0.15, 0.2) is 0 Å². The summed E-state index contributed by atoms with van der Waals surface area (Å²) < 4.78 is 0.682. The van der Waals surface area contributed by atoms with Gasteiger partial charge in [0.1, 0.15) is 0 Å². The smallest absolute Gasteiger partial charge is 0.272 e. The van der Waals surface area contributed by atoms with Gasteiger partial charge in [-0.05, 0) is 52.7 Å². The lowest BCUT2D eigenvalue weighted by atomic mass is 10.2. The predicted molar refractivity (Wildman–Crippen MR) is 103 cm³/mol. The number of carbonyl (C=O) groups is 2. The third kappa shape index (κ3) is 6.32. The molecule has 0 spiro atoms. The van der Waals surface area contributed by atoms with E-state index in [-0.39, 0.29) is 18.2 Å². The quantitative estimate of drug-likeness (QED) is 0.547. The standard InChI is InChI=1S/C18H17BrClN3O2/c1-12(22-23-18(25)15-4-2-3-5-16(15)19)10-17(24)21-11-13-6-8-14(20)9-7-13/h2-9H,10-11H2,1H3,(H,21,24)(H,23,25)/b22-12-. The van der Waals surface area contributed by atoms with Crippen molar-refractivity contribution in [2.45, 2.75) is 19.9 Å². The summed E-state index contributed by atoms with van der Waals surface area (Å²) in [5.74, 6) is -0.514. The second-order valence-corrected chi connectivity index (χ2v) is 6.64. The number of benzene rings is 2. The van der Waals surface area contributed by atoms with E-state index in [1.54, 1.807) is 37.3 Å². The van der Waals surface area contributed by atoms with E-state index in [2.05, 4.69) is 31.8 Å². The largest absolute Gasteiger partial charge is 0.352 e. The third-order valence-corrected chi connectivity index (χ3v) is 4.23. The number of nitrogens with zero attached hydrogens (tertiary/aromatic N) is 1. The average molecular weight is 423 g/mol. The van der Waals surface area contributed by atoms with Crippen LogP contribution in [0.1, 0.15) is 29.3 Å². The minimum absolute atomic E-state index is 0.101. The first kappa shape index (κ1) is 19.1. The van der Waals surface area contributed by atoms with Crippen LogP contribution in [-0.4, -0.2) is 17.5 Å². The molecule has 2 N–H and O–H groups in total. The molecule has 130 valence electrons. The van der Waals surface area contributed by atoms with Crippen LogP contribution in [0.3, 0.4) is 0 Å². The van der Waals surface area contributed by atoms with Crippen LogP contribution in [0.15, 0.2) is 58.1 Å². The van der Waals surface area contributed by atoms with Crippen LogP contribution in [0.4, 0.5) is 0 Å². The minimum atomic E-state index is -0.339. The Hall–Kier alpha value is -2.18. The Labute approximate surface area is 159 Å². The molecule has 25 heavy (non-hydrogen) atoms. The summed E-state index contributed by atoms with van der Waals surface area (Å²) in [4.78, 5) is 24.0. The number of hydrazone groups is 1. The van der Waals surface area contributed by atoms with Crippen molar-refractivity contribution in [2.24, 2.45) is 5.10 Å². The summed E-state index contributed by atoms with van der Waals surface area (Å²) in [6.07, 6.45) is 0.101. The van der Waals surface area contributed by atoms with Gasteiger partial charge in [0.05, 0.1) is 12.0 Å². The Morgan fingerprint density at radius 3 is 2.48 bits per heavy atom. The van der Waals surface area contributed by atoms with Gasteiger partial charge in [-0.25, -0.2) is 5.43 Å². The molecule has 5 nitrogen and oxygen atoms in total. The molecule has 0 saturated carbocycles. The molecule has 2 aromatic carbocycles. The molecule has 0 aliphatic rings. The maximum atomic E-state index is 12.0. The Bertz CT molecular complexity index is 791. The van der Waals surface area contributed by atoms with Crippen LogP contribution in [-0.2, 0) is 11.3 Å². The molecular weight excluding hydrogens is 406 g/mol. The minimum Gasteiger partial charge on any atom is -0.352 e. The van der Waals surface area contributed by atoms with Crippen LogP contribution in [0.25, 0.3) is 0 Å². The average Bonchev–Trinajstić information content (AvgIpc) is 2.59. The number of rotatable bonds is 6. The number of amides is 2. The van der Waals surface area contributed by atoms with Gasteiger partial charge >= 0.3 is 0 Å². The van der Waals surface area contributed by atoms with E-state index in [1.165, 1.54) is 0 Å². The van der Waals surface area contributed by atoms with E-state index >= 15 is 0 Å². The Morgan fingerprint density at radius 1 is 1.12 bits per heavy atom. The van der Waals surface area contributed by atoms with Crippen LogP contribution in [0.2, 0.25) is 5.02 Å². The second kappa shape index (κ2) is 9.34. The van der Waals surface area contributed by atoms with Crippen LogP contribution in [0, 0.1) is 0 Å².